The van der Waals surface area contributed by atoms with Gasteiger partial charge < -0.3 is 5.32 Å². The summed E-state index contributed by atoms with van der Waals surface area (Å²) in [6.07, 6.45) is 1.08. The van der Waals surface area contributed by atoms with Crippen LogP contribution in [0.3, 0.4) is 0 Å². The number of aromatic nitrogens is 2. The van der Waals surface area contributed by atoms with Gasteiger partial charge in [-0.05, 0) is 44.5 Å². The summed E-state index contributed by atoms with van der Waals surface area (Å²) in [5.41, 5.74) is 3.90. The Morgan fingerprint density at radius 3 is 2.62 bits per heavy atom. The second-order valence-corrected chi connectivity index (χ2v) is 5.23. The normalized spacial score (nSPS) is 11.1. The molecule has 0 unspecified atom stereocenters. The highest BCUT2D eigenvalue weighted by molar-refractivity contribution is 5.26. The van der Waals surface area contributed by atoms with E-state index in [0.29, 0.717) is 12.1 Å². The van der Waals surface area contributed by atoms with Crippen LogP contribution >= 0.6 is 0 Å². The van der Waals surface area contributed by atoms with Gasteiger partial charge in [0.2, 0.25) is 0 Å². The highest BCUT2D eigenvalue weighted by Crippen LogP contribution is 2.16. The van der Waals surface area contributed by atoms with Crippen molar-refractivity contribution in [1.29, 1.82) is 0 Å². The maximum Gasteiger partial charge on any atom is 0.159 e. The van der Waals surface area contributed by atoms with Crippen LogP contribution in [0.5, 0.6) is 0 Å². The lowest BCUT2D eigenvalue weighted by Gasteiger charge is -2.07. The average Bonchev–Trinajstić information content (AvgIpc) is 2.70. The molecule has 0 atom stereocenters. The van der Waals surface area contributed by atoms with Crippen molar-refractivity contribution in [2.24, 2.45) is 0 Å². The summed E-state index contributed by atoms with van der Waals surface area (Å²) in [4.78, 5) is 0. The zero-order valence-corrected chi connectivity index (χ0v) is 12.7. The molecule has 0 aliphatic carbocycles. The monoisotopic (exact) mass is 293 g/mol. The predicted molar refractivity (Wildman–Crippen MR) is 79.2 cm³/mol. The quantitative estimate of drug-likeness (QED) is 0.828. The van der Waals surface area contributed by atoms with E-state index in [2.05, 4.69) is 17.3 Å². The van der Waals surface area contributed by atoms with E-state index >= 15 is 0 Å². The first-order chi connectivity index (χ1) is 10.0. The van der Waals surface area contributed by atoms with Crippen LogP contribution in [0.4, 0.5) is 8.78 Å². The Hall–Kier alpha value is -1.75. The molecule has 2 rings (SSSR count). The highest BCUT2D eigenvalue weighted by atomic mass is 19.2. The SMILES string of the molecule is CCCNCc1c(C)nn(Cc2ccc(F)c(F)c2)c1C. The minimum Gasteiger partial charge on any atom is -0.313 e. The largest absolute Gasteiger partial charge is 0.313 e. The summed E-state index contributed by atoms with van der Waals surface area (Å²) in [7, 11) is 0. The number of hydrogen-bond donors (Lipinski definition) is 1. The molecule has 114 valence electrons. The Labute approximate surface area is 124 Å². The molecule has 5 heteroatoms. The summed E-state index contributed by atoms with van der Waals surface area (Å²) in [6.45, 7) is 8.29. The minimum absolute atomic E-state index is 0.442. The molecule has 0 bridgehead atoms. The van der Waals surface area contributed by atoms with Gasteiger partial charge in [0.25, 0.3) is 0 Å². The maximum absolute atomic E-state index is 13.3. The second kappa shape index (κ2) is 6.80. The van der Waals surface area contributed by atoms with Crippen molar-refractivity contribution in [2.75, 3.05) is 6.54 Å². The van der Waals surface area contributed by atoms with E-state index in [9.17, 15) is 8.78 Å². The first kappa shape index (κ1) is 15.6. The summed E-state index contributed by atoms with van der Waals surface area (Å²) in [5, 5.41) is 7.86. The fourth-order valence-corrected chi connectivity index (χ4v) is 2.34. The number of benzene rings is 1. The topological polar surface area (TPSA) is 29.9 Å². The molecule has 1 heterocycles. The van der Waals surface area contributed by atoms with Crippen molar-refractivity contribution in [3.63, 3.8) is 0 Å². The summed E-state index contributed by atoms with van der Waals surface area (Å²) >= 11 is 0. The van der Waals surface area contributed by atoms with Gasteiger partial charge in [-0.25, -0.2) is 8.78 Å². The van der Waals surface area contributed by atoms with Gasteiger partial charge >= 0.3 is 0 Å². The van der Waals surface area contributed by atoms with E-state index < -0.39 is 11.6 Å². The molecule has 0 aliphatic heterocycles. The number of aryl methyl sites for hydroxylation is 1. The minimum atomic E-state index is -0.823. The molecule has 1 aromatic heterocycles. The molecule has 1 N–H and O–H groups in total. The molecule has 0 amide bonds. The van der Waals surface area contributed by atoms with Crippen molar-refractivity contribution in [1.82, 2.24) is 15.1 Å². The van der Waals surface area contributed by atoms with Gasteiger partial charge in [-0.3, -0.25) is 4.68 Å². The molecule has 2 aromatic rings. The smallest absolute Gasteiger partial charge is 0.159 e. The molecule has 0 saturated heterocycles. The van der Waals surface area contributed by atoms with Crippen LogP contribution < -0.4 is 5.32 Å². The zero-order chi connectivity index (χ0) is 15.4. The van der Waals surface area contributed by atoms with Crippen LogP contribution in [0, 0.1) is 25.5 Å². The Balaban J connectivity index is 2.16. The molecular weight excluding hydrogens is 272 g/mol. The van der Waals surface area contributed by atoms with Gasteiger partial charge in [0, 0.05) is 17.8 Å². The summed E-state index contributed by atoms with van der Waals surface area (Å²) in [6, 6.07) is 3.96. The molecule has 0 spiro atoms. The van der Waals surface area contributed by atoms with Crippen LogP contribution in [0.1, 0.15) is 35.9 Å². The van der Waals surface area contributed by atoms with Crippen LogP contribution in [-0.4, -0.2) is 16.3 Å². The Bertz CT molecular complexity index is 620. The molecule has 0 saturated carbocycles. The zero-order valence-electron chi connectivity index (χ0n) is 12.7. The van der Waals surface area contributed by atoms with Crippen molar-refractivity contribution in [3.8, 4) is 0 Å². The fourth-order valence-electron chi connectivity index (χ4n) is 2.34. The van der Waals surface area contributed by atoms with Crippen molar-refractivity contribution in [2.45, 2.75) is 40.3 Å². The van der Waals surface area contributed by atoms with Gasteiger partial charge in [0.15, 0.2) is 11.6 Å². The molecular formula is C16H21F2N3. The number of hydrogen-bond acceptors (Lipinski definition) is 2. The Kier molecular flexibility index (Phi) is 5.07. The number of rotatable bonds is 6. The standard InChI is InChI=1S/C16H21F2N3/c1-4-7-19-9-14-11(2)20-21(12(14)3)10-13-5-6-15(17)16(18)8-13/h5-6,8,19H,4,7,9-10H2,1-3H3. The molecule has 0 aliphatic rings. The summed E-state index contributed by atoms with van der Waals surface area (Å²) < 4.78 is 28.0. The number of nitrogens with one attached hydrogen (secondary N) is 1. The lowest BCUT2D eigenvalue weighted by Crippen LogP contribution is -2.15. The van der Waals surface area contributed by atoms with Gasteiger partial charge in [-0.2, -0.15) is 5.10 Å². The third kappa shape index (κ3) is 3.67. The molecule has 0 fully saturated rings. The van der Waals surface area contributed by atoms with E-state index in [1.54, 1.807) is 6.07 Å². The van der Waals surface area contributed by atoms with Gasteiger partial charge in [-0.1, -0.05) is 13.0 Å². The number of nitrogens with zero attached hydrogens (tertiary/aromatic N) is 2. The molecule has 1 aromatic carbocycles. The highest BCUT2D eigenvalue weighted by Gasteiger charge is 2.12. The van der Waals surface area contributed by atoms with Crippen LogP contribution in [0.2, 0.25) is 0 Å². The first-order valence-electron chi connectivity index (χ1n) is 7.20. The van der Waals surface area contributed by atoms with E-state index in [0.717, 1.165) is 37.0 Å². The van der Waals surface area contributed by atoms with E-state index in [-0.39, 0.29) is 0 Å². The predicted octanol–water partition coefficient (Wildman–Crippen LogP) is 3.33. The fraction of sp³-hybridized carbons (Fsp3) is 0.438. The third-order valence-corrected chi connectivity index (χ3v) is 3.58. The van der Waals surface area contributed by atoms with E-state index in [1.807, 2.05) is 18.5 Å². The lowest BCUT2D eigenvalue weighted by atomic mass is 10.2. The number of halogens is 2. The van der Waals surface area contributed by atoms with Crippen LogP contribution in [-0.2, 0) is 13.1 Å². The van der Waals surface area contributed by atoms with E-state index in [4.69, 9.17) is 0 Å². The molecule has 3 nitrogen and oxygen atoms in total. The third-order valence-electron chi connectivity index (χ3n) is 3.58. The van der Waals surface area contributed by atoms with E-state index in [1.165, 1.54) is 11.6 Å². The van der Waals surface area contributed by atoms with Gasteiger partial charge in [-0.15, -0.1) is 0 Å². The first-order valence-corrected chi connectivity index (χ1v) is 7.20. The lowest BCUT2D eigenvalue weighted by molar-refractivity contribution is 0.505. The van der Waals surface area contributed by atoms with Crippen LogP contribution in [0.25, 0.3) is 0 Å². The Morgan fingerprint density at radius 2 is 1.95 bits per heavy atom. The van der Waals surface area contributed by atoms with Gasteiger partial charge in [0.1, 0.15) is 0 Å². The van der Waals surface area contributed by atoms with Crippen molar-refractivity contribution >= 4 is 0 Å². The van der Waals surface area contributed by atoms with Crippen LogP contribution in [0.15, 0.2) is 18.2 Å². The second-order valence-electron chi connectivity index (χ2n) is 5.23. The summed E-state index contributed by atoms with van der Waals surface area (Å²) in [5.74, 6) is -1.64. The van der Waals surface area contributed by atoms with Gasteiger partial charge in [0.05, 0.1) is 12.2 Å². The average molecular weight is 293 g/mol. The maximum atomic E-state index is 13.3. The molecule has 0 radical (unpaired) electrons. The van der Waals surface area contributed by atoms with Crippen molar-refractivity contribution in [3.05, 3.63) is 52.3 Å². The Morgan fingerprint density at radius 1 is 1.19 bits per heavy atom. The van der Waals surface area contributed by atoms with Crippen molar-refractivity contribution < 1.29 is 8.78 Å². The molecule has 21 heavy (non-hydrogen) atoms.